The van der Waals surface area contributed by atoms with Gasteiger partial charge in [0.1, 0.15) is 9.25 Å². The van der Waals surface area contributed by atoms with E-state index < -0.39 is 0 Å². The third-order valence-corrected chi connectivity index (χ3v) is 7.05. The predicted octanol–water partition coefficient (Wildman–Crippen LogP) is 2.53. The maximum absolute atomic E-state index is 12.4. The van der Waals surface area contributed by atoms with Gasteiger partial charge < -0.3 is 4.90 Å². The van der Waals surface area contributed by atoms with Crippen molar-refractivity contribution in [2.24, 2.45) is 10.9 Å². The molecule has 5 nitrogen and oxygen atoms in total. The molecule has 0 unspecified atom stereocenters. The maximum atomic E-state index is 12.4. The third kappa shape index (κ3) is 3.78. The van der Waals surface area contributed by atoms with Crippen molar-refractivity contribution in [1.82, 2.24) is 14.5 Å². The van der Waals surface area contributed by atoms with Gasteiger partial charge in [-0.3, -0.25) is 9.79 Å². The summed E-state index contributed by atoms with van der Waals surface area (Å²) in [4.78, 5) is 19.5. The molecule has 2 aliphatic heterocycles. The first kappa shape index (κ1) is 15.3. The van der Waals surface area contributed by atoms with Crippen LogP contribution < -0.4 is 0 Å². The minimum absolute atomic E-state index is 0.101. The SMILES string of the molecule is Cc1nnsc1C(=O)N1CCC(CSC2=NCCS2)CC1. The number of amides is 1. The summed E-state index contributed by atoms with van der Waals surface area (Å²) in [5.41, 5.74) is 0.749. The zero-order valence-electron chi connectivity index (χ0n) is 11.9. The van der Waals surface area contributed by atoms with Gasteiger partial charge in [0.2, 0.25) is 0 Å². The van der Waals surface area contributed by atoms with Gasteiger partial charge in [-0.25, -0.2) is 0 Å². The summed E-state index contributed by atoms with van der Waals surface area (Å²) in [6.07, 6.45) is 2.17. The van der Waals surface area contributed by atoms with Crippen LogP contribution in [0.1, 0.15) is 28.2 Å². The number of aliphatic imine (C=N–C) groups is 1. The topological polar surface area (TPSA) is 58.5 Å². The first-order chi connectivity index (χ1) is 10.2. The van der Waals surface area contributed by atoms with Crippen molar-refractivity contribution in [3.05, 3.63) is 10.6 Å². The highest BCUT2D eigenvalue weighted by Gasteiger charge is 2.26. The van der Waals surface area contributed by atoms with Crippen LogP contribution in [0, 0.1) is 12.8 Å². The molecule has 3 heterocycles. The fraction of sp³-hybridized carbons (Fsp3) is 0.692. The minimum atomic E-state index is 0.101. The Bertz CT molecular complexity index is 537. The van der Waals surface area contributed by atoms with Gasteiger partial charge in [0.25, 0.3) is 5.91 Å². The fourth-order valence-electron chi connectivity index (χ4n) is 2.47. The van der Waals surface area contributed by atoms with Crippen LogP contribution in [0.2, 0.25) is 0 Å². The van der Waals surface area contributed by atoms with E-state index in [0.29, 0.717) is 10.8 Å². The maximum Gasteiger partial charge on any atom is 0.267 e. The van der Waals surface area contributed by atoms with Gasteiger partial charge in [-0.2, -0.15) is 0 Å². The Kier molecular flexibility index (Phi) is 5.18. The molecule has 1 amide bonds. The highest BCUT2D eigenvalue weighted by Crippen LogP contribution is 2.28. The normalized spacial score (nSPS) is 19.9. The van der Waals surface area contributed by atoms with E-state index in [9.17, 15) is 4.79 Å². The highest BCUT2D eigenvalue weighted by atomic mass is 32.2. The van der Waals surface area contributed by atoms with Crippen LogP contribution in [-0.4, -0.2) is 55.9 Å². The minimum Gasteiger partial charge on any atom is -0.338 e. The van der Waals surface area contributed by atoms with E-state index in [1.165, 1.54) is 15.9 Å². The van der Waals surface area contributed by atoms with Crippen LogP contribution in [0.4, 0.5) is 0 Å². The highest BCUT2D eigenvalue weighted by molar-refractivity contribution is 8.39. The Balaban J connectivity index is 1.46. The molecule has 0 N–H and O–H groups in total. The standard InChI is InChI=1S/C13H18N4OS3/c1-9-11(21-16-15-9)12(18)17-5-2-10(3-6-17)8-20-13-14-4-7-19-13/h10H,2-8H2,1H3. The van der Waals surface area contributed by atoms with Crippen molar-refractivity contribution >= 4 is 45.3 Å². The molecule has 21 heavy (non-hydrogen) atoms. The average molecular weight is 343 g/mol. The summed E-state index contributed by atoms with van der Waals surface area (Å²) < 4.78 is 5.10. The molecular formula is C13H18N4OS3. The van der Waals surface area contributed by atoms with E-state index in [0.717, 1.165) is 49.7 Å². The number of carbonyl (C=O) groups is 1. The summed E-state index contributed by atoms with van der Waals surface area (Å²) in [6.45, 7) is 4.52. The van der Waals surface area contributed by atoms with Crippen LogP contribution >= 0.6 is 35.1 Å². The number of likely N-dealkylation sites (tertiary alicyclic amines) is 1. The van der Waals surface area contributed by atoms with Crippen molar-refractivity contribution in [1.29, 1.82) is 0 Å². The van der Waals surface area contributed by atoms with Crippen LogP contribution in [0.3, 0.4) is 0 Å². The quantitative estimate of drug-likeness (QED) is 0.845. The predicted molar refractivity (Wildman–Crippen MR) is 90.5 cm³/mol. The molecule has 0 atom stereocenters. The molecular weight excluding hydrogens is 324 g/mol. The Morgan fingerprint density at radius 2 is 2.24 bits per heavy atom. The lowest BCUT2D eigenvalue weighted by Crippen LogP contribution is -2.39. The summed E-state index contributed by atoms with van der Waals surface area (Å²) in [5.74, 6) is 3.07. The average Bonchev–Trinajstić information content (AvgIpc) is 3.16. The molecule has 0 bridgehead atoms. The zero-order chi connectivity index (χ0) is 14.7. The van der Waals surface area contributed by atoms with Gasteiger partial charge in [-0.15, -0.1) is 5.10 Å². The largest absolute Gasteiger partial charge is 0.338 e. The van der Waals surface area contributed by atoms with Gasteiger partial charge in [0.15, 0.2) is 0 Å². The van der Waals surface area contributed by atoms with Gasteiger partial charge in [0, 0.05) is 24.6 Å². The molecule has 114 valence electrons. The number of carbonyl (C=O) groups excluding carboxylic acids is 1. The van der Waals surface area contributed by atoms with E-state index in [1.54, 1.807) is 0 Å². The zero-order valence-corrected chi connectivity index (χ0v) is 14.4. The summed E-state index contributed by atoms with van der Waals surface area (Å²) >= 11 is 4.97. The third-order valence-electron chi connectivity index (χ3n) is 3.75. The summed E-state index contributed by atoms with van der Waals surface area (Å²) in [6, 6.07) is 0. The Morgan fingerprint density at radius 3 is 2.86 bits per heavy atom. The Hall–Kier alpha value is -0.600. The van der Waals surface area contributed by atoms with Crippen molar-refractivity contribution in [2.75, 3.05) is 31.1 Å². The van der Waals surface area contributed by atoms with Gasteiger partial charge >= 0.3 is 0 Å². The van der Waals surface area contributed by atoms with Crippen LogP contribution in [0.15, 0.2) is 4.99 Å². The van der Waals surface area contributed by atoms with E-state index >= 15 is 0 Å². The van der Waals surface area contributed by atoms with Crippen molar-refractivity contribution < 1.29 is 4.79 Å². The number of piperidine rings is 1. The molecule has 0 aromatic carbocycles. The monoisotopic (exact) mass is 342 g/mol. The molecule has 0 aliphatic carbocycles. The molecule has 2 aliphatic rings. The molecule has 1 aromatic heterocycles. The molecule has 3 rings (SSSR count). The van der Waals surface area contributed by atoms with E-state index in [2.05, 4.69) is 14.6 Å². The molecule has 8 heteroatoms. The van der Waals surface area contributed by atoms with Crippen molar-refractivity contribution in [3.8, 4) is 0 Å². The number of hydrogen-bond donors (Lipinski definition) is 0. The van der Waals surface area contributed by atoms with Gasteiger partial charge in [-0.05, 0) is 37.2 Å². The number of nitrogens with zero attached hydrogens (tertiary/aromatic N) is 4. The fourth-order valence-corrected chi connectivity index (χ4v) is 5.31. The number of hydrogen-bond acceptors (Lipinski definition) is 7. The molecule has 1 saturated heterocycles. The van der Waals surface area contributed by atoms with Crippen LogP contribution in [0.25, 0.3) is 0 Å². The number of aryl methyl sites for hydroxylation is 1. The second-order valence-corrected chi connectivity index (χ2v) is 8.34. The Labute approximate surface area is 137 Å². The van der Waals surface area contributed by atoms with Crippen LogP contribution in [-0.2, 0) is 0 Å². The molecule has 0 spiro atoms. The molecule has 0 radical (unpaired) electrons. The van der Waals surface area contributed by atoms with Gasteiger partial charge in [-0.1, -0.05) is 28.0 Å². The lowest BCUT2D eigenvalue weighted by atomic mass is 9.99. The second kappa shape index (κ2) is 7.11. The summed E-state index contributed by atoms with van der Waals surface area (Å²) in [5, 5.41) is 3.92. The lowest BCUT2D eigenvalue weighted by molar-refractivity contribution is 0.0702. The lowest BCUT2D eigenvalue weighted by Gasteiger charge is -2.31. The smallest absolute Gasteiger partial charge is 0.267 e. The first-order valence-electron chi connectivity index (χ1n) is 7.12. The van der Waals surface area contributed by atoms with E-state index in [1.807, 2.05) is 35.3 Å². The molecule has 1 fully saturated rings. The number of aromatic nitrogens is 2. The van der Waals surface area contributed by atoms with Crippen LogP contribution in [0.5, 0.6) is 0 Å². The summed E-state index contributed by atoms with van der Waals surface area (Å²) in [7, 11) is 0. The molecule has 0 saturated carbocycles. The van der Waals surface area contributed by atoms with E-state index in [4.69, 9.17) is 0 Å². The molecule has 1 aromatic rings. The first-order valence-corrected chi connectivity index (χ1v) is 9.87. The number of rotatable bonds is 3. The van der Waals surface area contributed by atoms with E-state index in [-0.39, 0.29) is 5.91 Å². The van der Waals surface area contributed by atoms with Crippen molar-refractivity contribution in [2.45, 2.75) is 19.8 Å². The Morgan fingerprint density at radius 1 is 1.43 bits per heavy atom. The van der Waals surface area contributed by atoms with Crippen molar-refractivity contribution in [3.63, 3.8) is 0 Å². The number of thioether (sulfide) groups is 2. The van der Waals surface area contributed by atoms with Gasteiger partial charge in [0.05, 0.1) is 12.2 Å². The second-order valence-electron chi connectivity index (χ2n) is 5.23.